The average Bonchev–Trinajstić information content (AvgIpc) is 3.96. The van der Waals surface area contributed by atoms with Gasteiger partial charge in [0.15, 0.2) is 0 Å². The van der Waals surface area contributed by atoms with Crippen LogP contribution in [0.3, 0.4) is 0 Å². The van der Waals surface area contributed by atoms with E-state index in [0.29, 0.717) is 0 Å². The lowest BCUT2D eigenvalue weighted by Crippen LogP contribution is -2.33. The summed E-state index contributed by atoms with van der Waals surface area (Å²) in [6.07, 6.45) is 0. The molecule has 2 heterocycles. The van der Waals surface area contributed by atoms with E-state index in [1.54, 1.807) is 0 Å². The van der Waals surface area contributed by atoms with Crippen molar-refractivity contribution in [2.45, 2.75) is 5.41 Å². The summed E-state index contributed by atoms with van der Waals surface area (Å²) in [6, 6.07) is 103. The third-order valence-electron chi connectivity index (χ3n) is 15.8. The summed E-state index contributed by atoms with van der Waals surface area (Å²) in [6.45, 7) is 0. The summed E-state index contributed by atoms with van der Waals surface area (Å²) in [7, 11) is 0. The molecule has 15 rings (SSSR count). The van der Waals surface area contributed by atoms with E-state index >= 15 is 0 Å². The Morgan fingerprint density at radius 1 is 0.288 bits per heavy atom. The number of para-hydroxylation sites is 5. The number of hydrogen-bond donors (Lipinski definition) is 0. The lowest BCUT2D eigenvalue weighted by Gasteiger charge is -2.39. The topological polar surface area (TPSA) is 8.17 Å². The van der Waals surface area contributed by atoms with Crippen molar-refractivity contribution in [2.75, 3.05) is 4.90 Å². The highest BCUT2D eigenvalue weighted by Crippen LogP contribution is 2.61. The van der Waals surface area contributed by atoms with Gasteiger partial charge in [-0.2, -0.15) is 0 Å². The second-order valence-electron chi connectivity index (χ2n) is 19.6. The van der Waals surface area contributed by atoms with Gasteiger partial charge in [-0.25, -0.2) is 0 Å². The van der Waals surface area contributed by atoms with Crippen molar-refractivity contribution in [3.63, 3.8) is 0 Å². The predicted molar refractivity (Wildman–Crippen MR) is 306 cm³/mol. The summed E-state index contributed by atoms with van der Waals surface area (Å²) in [5.41, 5.74) is 24.0. The van der Waals surface area contributed by atoms with Crippen molar-refractivity contribution in [1.29, 1.82) is 0 Å². The first-order chi connectivity index (χ1) is 36.2. The quantitative estimate of drug-likeness (QED) is 0.155. The van der Waals surface area contributed by atoms with Gasteiger partial charge in [0.25, 0.3) is 0 Å². The van der Waals surface area contributed by atoms with Crippen LogP contribution in [0.25, 0.3) is 93.9 Å². The van der Waals surface area contributed by atoms with E-state index < -0.39 is 5.41 Å². The van der Waals surface area contributed by atoms with Gasteiger partial charge < -0.3 is 9.47 Å². The van der Waals surface area contributed by atoms with E-state index in [-0.39, 0.29) is 0 Å². The minimum Gasteiger partial charge on any atom is -0.309 e. The van der Waals surface area contributed by atoms with Crippen LogP contribution in [0.1, 0.15) is 22.3 Å². The fraction of sp³-hybridized carbons (Fsp3) is 0.0141. The number of anilines is 3. The van der Waals surface area contributed by atoms with E-state index in [1.807, 2.05) is 0 Å². The molecule has 1 aliphatic heterocycles. The molecule has 2 aliphatic rings. The molecule has 73 heavy (non-hydrogen) atoms. The molecule has 0 bridgehead atoms. The number of nitrogens with zero attached hydrogens (tertiary/aromatic N) is 2. The zero-order valence-corrected chi connectivity index (χ0v) is 40.0. The Morgan fingerprint density at radius 2 is 0.795 bits per heavy atom. The van der Waals surface area contributed by atoms with Gasteiger partial charge >= 0.3 is 0 Å². The molecule has 12 aromatic carbocycles. The Bertz CT molecular complexity index is 4320. The van der Waals surface area contributed by atoms with Crippen LogP contribution in [-0.2, 0) is 5.41 Å². The van der Waals surface area contributed by atoms with Gasteiger partial charge in [0.05, 0.1) is 33.5 Å². The van der Waals surface area contributed by atoms with Crippen molar-refractivity contribution in [3.05, 3.63) is 301 Å². The summed E-state index contributed by atoms with van der Waals surface area (Å²) >= 11 is 0. The molecule has 340 valence electrons. The molecule has 13 aromatic rings. The number of aromatic nitrogens is 1. The minimum atomic E-state index is -0.506. The van der Waals surface area contributed by atoms with E-state index in [9.17, 15) is 0 Å². The highest BCUT2D eigenvalue weighted by molar-refractivity contribution is 6.13. The van der Waals surface area contributed by atoms with Crippen LogP contribution in [0.15, 0.2) is 279 Å². The highest BCUT2D eigenvalue weighted by atomic mass is 15.1. The smallest absolute Gasteiger partial charge is 0.0754 e. The molecule has 1 spiro atoms. The van der Waals surface area contributed by atoms with Gasteiger partial charge in [-0.15, -0.1) is 0 Å². The maximum Gasteiger partial charge on any atom is 0.0754 e. The molecule has 2 nitrogen and oxygen atoms in total. The normalized spacial score (nSPS) is 14.1. The molecular weight excluding hydrogens is 881 g/mol. The SMILES string of the molecule is c1ccc(-c2ccc(-c3ccccc3N(c3ccc4cc(-c5ccc6c(c5)C5(c7ccccc7-6)c6ccccc6-n6c7ccccc7c7cccc5c76)ccc4c3)c3ccccc3-c3ccccc3)cc2)cc1. The Morgan fingerprint density at radius 3 is 1.58 bits per heavy atom. The predicted octanol–water partition coefficient (Wildman–Crippen LogP) is 18.8. The van der Waals surface area contributed by atoms with Crippen LogP contribution >= 0.6 is 0 Å². The number of hydrogen-bond acceptors (Lipinski definition) is 1. The largest absolute Gasteiger partial charge is 0.309 e. The third-order valence-corrected chi connectivity index (χ3v) is 15.8. The molecule has 0 N–H and O–H groups in total. The molecule has 1 unspecified atom stereocenters. The van der Waals surface area contributed by atoms with E-state index in [2.05, 4.69) is 289 Å². The zero-order chi connectivity index (χ0) is 48.0. The molecule has 0 saturated carbocycles. The lowest BCUT2D eigenvalue weighted by molar-refractivity contribution is 0.749. The van der Waals surface area contributed by atoms with Crippen LogP contribution in [-0.4, -0.2) is 4.57 Å². The summed E-state index contributed by atoms with van der Waals surface area (Å²) in [5, 5.41) is 4.95. The van der Waals surface area contributed by atoms with Crippen LogP contribution < -0.4 is 4.90 Å². The molecule has 0 radical (unpaired) electrons. The highest BCUT2D eigenvalue weighted by Gasteiger charge is 2.50. The molecule has 1 aliphatic carbocycles. The number of fused-ring (bicyclic) bond motifs is 13. The van der Waals surface area contributed by atoms with Crippen molar-refractivity contribution in [3.8, 4) is 61.3 Å². The molecule has 0 saturated heterocycles. The molecule has 2 heteroatoms. The Labute approximate surface area is 425 Å². The molecule has 1 aromatic heterocycles. The second kappa shape index (κ2) is 16.3. The summed E-state index contributed by atoms with van der Waals surface area (Å²) < 4.78 is 2.52. The van der Waals surface area contributed by atoms with Crippen molar-refractivity contribution >= 4 is 49.6 Å². The van der Waals surface area contributed by atoms with Gasteiger partial charge in [0, 0.05) is 27.6 Å². The van der Waals surface area contributed by atoms with Gasteiger partial charge in [0.1, 0.15) is 0 Å². The summed E-state index contributed by atoms with van der Waals surface area (Å²) in [4.78, 5) is 2.45. The number of rotatable bonds is 7. The Kier molecular flexibility index (Phi) is 9.21. The van der Waals surface area contributed by atoms with Gasteiger partial charge in [-0.3, -0.25) is 0 Å². The number of benzene rings is 12. The van der Waals surface area contributed by atoms with Crippen LogP contribution in [0.2, 0.25) is 0 Å². The first kappa shape index (κ1) is 41.3. The fourth-order valence-electron chi connectivity index (χ4n) is 12.6. The monoisotopic (exact) mass is 926 g/mol. The Balaban J connectivity index is 0.880. The third kappa shape index (κ3) is 6.17. The van der Waals surface area contributed by atoms with E-state index in [1.165, 1.54) is 105 Å². The first-order valence-corrected chi connectivity index (χ1v) is 25.3. The van der Waals surface area contributed by atoms with Crippen LogP contribution in [0.5, 0.6) is 0 Å². The fourth-order valence-corrected chi connectivity index (χ4v) is 12.6. The van der Waals surface area contributed by atoms with E-state index in [4.69, 9.17) is 0 Å². The molecular formula is C71H46N2. The van der Waals surface area contributed by atoms with Crippen molar-refractivity contribution < 1.29 is 0 Å². The van der Waals surface area contributed by atoms with Gasteiger partial charge in [0.2, 0.25) is 0 Å². The minimum absolute atomic E-state index is 0.506. The molecule has 0 fully saturated rings. The maximum absolute atomic E-state index is 2.52. The van der Waals surface area contributed by atoms with Crippen molar-refractivity contribution in [2.24, 2.45) is 0 Å². The van der Waals surface area contributed by atoms with Crippen molar-refractivity contribution in [1.82, 2.24) is 4.57 Å². The maximum atomic E-state index is 2.52. The molecule has 0 amide bonds. The Hall–Kier alpha value is -9.50. The zero-order valence-electron chi connectivity index (χ0n) is 40.0. The van der Waals surface area contributed by atoms with Gasteiger partial charge in [-0.1, -0.05) is 231 Å². The second-order valence-corrected chi connectivity index (χ2v) is 19.6. The molecule has 1 atom stereocenters. The lowest BCUT2D eigenvalue weighted by atomic mass is 9.65. The van der Waals surface area contributed by atoms with Gasteiger partial charge in [-0.05, 0) is 126 Å². The van der Waals surface area contributed by atoms with E-state index in [0.717, 1.165) is 28.2 Å². The van der Waals surface area contributed by atoms with Crippen LogP contribution in [0, 0.1) is 0 Å². The first-order valence-electron chi connectivity index (χ1n) is 25.3. The standard InChI is InChI=1S/C71H46N2/c1-3-18-47(19-4-1)48-34-36-50(37-35-48)57-23-9-14-31-67(57)72(66-30-13-8-22-56(66)49-20-5-2-6-21-49)55-42-40-52-44-51(38-39-53(52)45-55)54-41-43-59-58-24-7-11-27-62(58)71(65(59)46-54)63-28-12-16-33-69(63)73-68-32-15-10-25-60(68)61-26-17-29-64(71)70(61)73/h1-46H. The summed E-state index contributed by atoms with van der Waals surface area (Å²) in [5.74, 6) is 0. The average molecular weight is 927 g/mol. The van der Waals surface area contributed by atoms with Crippen LogP contribution in [0.4, 0.5) is 17.1 Å².